The summed E-state index contributed by atoms with van der Waals surface area (Å²) in [5.41, 5.74) is 7.19. The van der Waals surface area contributed by atoms with Gasteiger partial charge in [0, 0.05) is 17.7 Å². The standard InChI is InChI=1S/C33H32N2O5/c1-21(2)16-22-4-6-24(7-5-22)28-17-26(23-8-11-27(39-3)12-9-23)18-29(34-28)25-10-13-31-30(19-25)35(15-14-33(37)38)32(36)20-40-31/h4-13,17-19,21H,14-16,20H2,1-3H3,(H,37,38). The van der Waals surface area contributed by atoms with Gasteiger partial charge in [0.1, 0.15) is 11.5 Å². The minimum Gasteiger partial charge on any atom is -0.497 e. The molecule has 0 saturated carbocycles. The lowest BCUT2D eigenvalue weighted by atomic mass is 9.97. The fourth-order valence-corrected chi connectivity index (χ4v) is 4.87. The van der Waals surface area contributed by atoms with Crippen molar-refractivity contribution in [2.75, 3.05) is 25.2 Å². The molecule has 7 heteroatoms. The molecule has 2 heterocycles. The fraction of sp³-hybridized carbons (Fsp3) is 0.242. The van der Waals surface area contributed by atoms with E-state index in [1.165, 1.54) is 10.5 Å². The second kappa shape index (κ2) is 11.6. The number of methoxy groups -OCH3 is 1. The lowest BCUT2D eigenvalue weighted by Gasteiger charge is -2.29. The predicted octanol–water partition coefficient (Wildman–Crippen LogP) is 6.49. The Labute approximate surface area is 234 Å². The van der Waals surface area contributed by atoms with Gasteiger partial charge in [-0.3, -0.25) is 9.59 Å². The molecule has 0 atom stereocenters. The number of pyridine rings is 1. The molecule has 5 rings (SSSR count). The number of ether oxygens (including phenoxy) is 2. The van der Waals surface area contributed by atoms with E-state index < -0.39 is 5.97 Å². The van der Waals surface area contributed by atoms with Gasteiger partial charge in [-0.1, -0.05) is 50.2 Å². The highest BCUT2D eigenvalue weighted by Crippen LogP contribution is 2.38. The molecular weight excluding hydrogens is 504 g/mol. The molecule has 1 aliphatic rings. The van der Waals surface area contributed by atoms with Crippen molar-refractivity contribution in [2.24, 2.45) is 5.92 Å². The van der Waals surface area contributed by atoms with E-state index in [0.717, 1.165) is 45.8 Å². The first kappa shape index (κ1) is 26.9. The Morgan fingerprint density at radius 3 is 2.23 bits per heavy atom. The van der Waals surface area contributed by atoms with Gasteiger partial charge in [0.05, 0.1) is 30.6 Å². The van der Waals surface area contributed by atoms with Crippen LogP contribution in [-0.4, -0.2) is 42.2 Å². The van der Waals surface area contributed by atoms with Crippen molar-refractivity contribution in [1.82, 2.24) is 4.98 Å². The molecule has 0 bridgehead atoms. The maximum absolute atomic E-state index is 12.6. The highest BCUT2D eigenvalue weighted by Gasteiger charge is 2.26. The van der Waals surface area contributed by atoms with Crippen LogP contribution >= 0.6 is 0 Å². The molecule has 0 spiro atoms. The summed E-state index contributed by atoms with van der Waals surface area (Å²) >= 11 is 0. The molecule has 0 unspecified atom stereocenters. The van der Waals surface area contributed by atoms with Crippen molar-refractivity contribution in [3.63, 3.8) is 0 Å². The number of carboxylic acids is 1. The molecule has 7 nitrogen and oxygen atoms in total. The van der Waals surface area contributed by atoms with E-state index in [4.69, 9.17) is 14.5 Å². The molecule has 1 amide bonds. The van der Waals surface area contributed by atoms with Gasteiger partial charge in [-0.05, 0) is 71.5 Å². The zero-order valence-electron chi connectivity index (χ0n) is 22.9. The molecule has 0 fully saturated rings. The molecule has 0 radical (unpaired) electrons. The molecule has 1 aromatic heterocycles. The number of amides is 1. The first-order chi connectivity index (χ1) is 19.3. The van der Waals surface area contributed by atoms with Crippen LogP contribution in [0.2, 0.25) is 0 Å². The molecule has 204 valence electrons. The number of hydrogen-bond donors (Lipinski definition) is 1. The average molecular weight is 537 g/mol. The zero-order chi connectivity index (χ0) is 28.2. The van der Waals surface area contributed by atoms with Crippen LogP contribution in [0.4, 0.5) is 5.69 Å². The molecule has 3 aromatic carbocycles. The molecular formula is C33H32N2O5. The SMILES string of the molecule is COc1ccc(-c2cc(-c3ccc(CC(C)C)cc3)nc(-c3ccc4c(c3)N(CCC(=O)O)C(=O)CO4)c2)cc1. The number of aliphatic carboxylic acids is 1. The average Bonchev–Trinajstić information content (AvgIpc) is 2.96. The van der Waals surface area contributed by atoms with Gasteiger partial charge in [-0.2, -0.15) is 0 Å². The minimum absolute atomic E-state index is 0.0707. The van der Waals surface area contributed by atoms with E-state index in [2.05, 4.69) is 44.2 Å². The normalized spacial score (nSPS) is 12.7. The van der Waals surface area contributed by atoms with E-state index in [1.807, 2.05) is 48.5 Å². The summed E-state index contributed by atoms with van der Waals surface area (Å²) in [4.78, 5) is 30.4. The van der Waals surface area contributed by atoms with Crippen LogP contribution in [0.1, 0.15) is 25.8 Å². The topological polar surface area (TPSA) is 89.0 Å². The smallest absolute Gasteiger partial charge is 0.305 e. The maximum Gasteiger partial charge on any atom is 0.305 e. The zero-order valence-corrected chi connectivity index (χ0v) is 22.9. The van der Waals surface area contributed by atoms with Crippen molar-refractivity contribution in [2.45, 2.75) is 26.7 Å². The Morgan fingerprint density at radius 2 is 1.57 bits per heavy atom. The number of benzene rings is 3. The van der Waals surface area contributed by atoms with Gasteiger partial charge < -0.3 is 19.5 Å². The number of aromatic nitrogens is 1. The monoisotopic (exact) mass is 536 g/mol. The number of carbonyl (C=O) groups is 2. The van der Waals surface area contributed by atoms with Crippen molar-refractivity contribution in [1.29, 1.82) is 0 Å². The lowest BCUT2D eigenvalue weighted by molar-refractivity contribution is -0.136. The number of fused-ring (bicyclic) bond motifs is 1. The Morgan fingerprint density at radius 1 is 0.925 bits per heavy atom. The number of rotatable bonds is 9. The number of nitrogens with zero attached hydrogens (tertiary/aromatic N) is 2. The highest BCUT2D eigenvalue weighted by atomic mass is 16.5. The Bertz CT molecular complexity index is 1530. The van der Waals surface area contributed by atoms with Crippen LogP contribution in [-0.2, 0) is 16.0 Å². The van der Waals surface area contributed by atoms with Gasteiger partial charge in [-0.25, -0.2) is 4.98 Å². The van der Waals surface area contributed by atoms with Crippen LogP contribution < -0.4 is 14.4 Å². The Hall–Kier alpha value is -4.65. The van der Waals surface area contributed by atoms with E-state index in [0.29, 0.717) is 17.4 Å². The number of carboxylic acid groups (broad SMARTS) is 1. The maximum atomic E-state index is 12.6. The lowest BCUT2D eigenvalue weighted by Crippen LogP contribution is -2.40. The largest absolute Gasteiger partial charge is 0.497 e. The van der Waals surface area contributed by atoms with Crippen LogP contribution in [0.25, 0.3) is 33.6 Å². The molecule has 4 aromatic rings. The van der Waals surface area contributed by atoms with Crippen molar-refractivity contribution < 1.29 is 24.2 Å². The second-order valence-electron chi connectivity index (χ2n) is 10.3. The van der Waals surface area contributed by atoms with E-state index in [-0.39, 0.29) is 25.5 Å². The number of carbonyl (C=O) groups excluding carboxylic acids is 1. The van der Waals surface area contributed by atoms with Crippen molar-refractivity contribution in [3.8, 4) is 45.1 Å². The second-order valence-corrected chi connectivity index (χ2v) is 10.3. The van der Waals surface area contributed by atoms with Gasteiger partial charge in [-0.15, -0.1) is 0 Å². The van der Waals surface area contributed by atoms with Crippen LogP contribution in [0.3, 0.4) is 0 Å². The first-order valence-corrected chi connectivity index (χ1v) is 13.4. The molecule has 0 saturated heterocycles. The summed E-state index contributed by atoms with van der Waals surface area (Å²) in [5.74, 6) is 0.660. The van der Waals surface area contributed by atoms with E-state index in [1.54, 1.807) is 7.11 Å². The van der Waals surface area contributed by atoms with Crippen molar-refractivity contribution >= 4 is 17.6 Å². The molecule has 40 heavy (non-hydrogen) atoms. The summed E-state index contributed by atoms with van der Waals surface area (Å²) in [5, 5.41) is 9.19. The number of hydrogen-bond acceptors (Lipinski definition) is 5. The van der Waals surface area contributed by atoms with E-state index >= 15 is 0 Å². The summed E-state index contributed by atoms with van der Waals surface area (Å²) in [6, 6.07) is 26.1. The Balaban J connectivity index is 1.59. The third kappa shape index (κ3) is 5.99. The first-order valence-electron chi connectivity index (χ1n) is 13.4. The fourth-order valence-electron chi connectivity index (χ4n) is 4.87. The van der Waals surface area contributed by atoms with Crippen LogP contribution in [0, 0.1) is 5.92 Å². The molecule has 0 aliphatic carbocycles. The molecule has 1 aliphatic heterocycles. The third-order valence-corrected chi connectivity index (χ3v) is 6.89. The summed E-state index contributed by atoms with van der Waals surface area (Å²) in [6.07, 6.45) is 0.858. The summed E-state index contributed by atoms with van der Waals surface area (Å²) in [7, 11) is 1.64. The third-order valence-electron chi connectivity index (χ3n) is 6.89. The number of anilines is 1. The van der Waals surface area contributed by atoms with Crippen LogP contribution in [0.5, 0.6) is 11.5 Å². The Kier molecular flexibility index (Phi) is 7.82. The quantitative estimate of drug-likeness (QED) is 0.263. The summed E-state index contributed by atoms with van der Waals surface area (Å²) in [6.45, 7) is 4.37. The van der Waals surface area contributed by atoms with Gasteiger partial charge >= 0.3 is 5.97 Å². The van der Waals surface area contributed by atoms with Crippen LogP contribution in [0.15, 0.2) is 78.9 Å². The van der Waals surface area contributed by atoms with E-state index in [9.17, 15) is 14.7 Å². The predicted molar refractivity (Wildman–Crippen MR) is 156 cm³/mol. The minimum atomic E-state index is -0.963. The van der Waals surface area contributed by atoms with Crippen molar-refractivity contribution in [3.05, 3.63) is 84.4 Å². The summed E-state index contributed by atoms with van der Waals surface area (Å²) < 4.78 is 11.0. The van der Waals surface area contributed by atoms with Gasteiger partial charge in [0.15, 0.2) is 6.61 Å². The highest BCUT2D eigenvalue weighted by molar-refractivity contribution is 5.99. The van der Waals surface area contributed by atoms with Gasteiger partial charge in [0.2, 0.25) is 0 Å². The molecule has 1 N–H and O–H groups in total. The van der Waals surface area contributed by atoms with Gasteiger partial charge in [0.25, 0.3) is 5.91 Å².